The van der Waals surface area contributed by atoms with E-state index in [1.165, 1.54) is 11.0 Å². The van der Waals surface area contributed by atoms with Gasteiger partial charge >= 0.3 is 0 Å². The van der Waals surface area contributed by atoms with Crippen molar-refractivity contribution in [1.29, 1.82) is 10.5 Å². The van der Waals surface area contributed by atoms with Crippen molar-refractivity contribution in [3.05, 3.63) is 88.0 Å². The Hall–Kier alpha value is -3.97. The molecule has 2 aliphatic rings. The number of anilines is 1. The van der Waals surface area contributed by atoms with Crippen LogP contribution in [0.25, 0.3) is 0 Å². The zero-order chi connectivity index (χ0) is 21.7. The fourth-order valence-electron chi connectivity index (χ4n) is 5.06. The lowest BCUT2D eigenvalue weighted by molar-refractivity contribution is -0.585. The predicted octanol–water partition coefficient (Wildman–Crippen LogP) is 3.74. The molecule has 2 unspecified atom stereocenters. The average Bonchev–Trinajstić information content (AvgIpc) is 3.23. The van der Waals surface area contributed by atoms with Crippen LogP contribution in [0.1, 0.15) is 27.9 Å². The quantitative estimate of drug-likeness (QED) is 0.444. The minimum absolute atomic E-state index is 0.0684. The number of hydrogen-bond donors (Lipinski definition) is 0. The summed E-state index contributed by atoms with van der Waals surface area (Å²) in [6.07, 6.45) is 1.37. The first-order valence-electron chi connectivity index (χ1n) is 9.46. The first-order chi connectivity index (χ1) is 14.4. The fourth-order valence-corrected chi connectivity index (χ4v) is 5.06. The van der Waals surface area contributed by atoms with Crippen LogP contribution < -0.4 is 4.90 Å². The molecule has 1 amide bonds. The minimum Gasteiger partial charge on any atom is -0.294 e. The molecule has 1 heterocycles. The Morgan fingerprint density at radius 3 is 2.50 bits per heavy atom. The van der Waals surface area contributed by atoms with Gasteiger partial charge in [0, 0.05) is 10.5 Å². The van der Waals surface area contributed by atoms with Gasteiger partial charge in [0.25, 0.3) is 11.4 Å². The summed E-state index contributed by atoms with van der Waals surface area (Å²) in [4.78, 5) is 27.1. The third-order valence-corrected chi connectivity index (χ3v) is 6.32. The van der Waals surface area contributed by atoms with Crippen molar-refractivity contribution in [2.24, 2.45) is 11.3 Å². The van der Waals surface area contributed by atoms with E-state index in [0.29, 0.717) is 16.8 Å². The number of fused-ring (bicyclic) bond motifs is 3. The summed E-state index contributed by atoms with van der Waals surface area (Å²) in [6.45, 7) is 5.57. The van der Waals surface area contributed by atoms with Gasteiger partial charge in [0.1, 0.15) is 6.04 Å². The Morgan fingerprint density at radius 1 is 1.27 bits per heavy atom. The summed E-state index contributed by atoms with van der Waals surface area (Å²) >= 11 is 0. The molecule has 1 fully saturated rings. The van der Waals surface area contributed by atoms with E-state index in [4.69, 9.17) is 0 Å². The largest absolute Gasteiger partial charge is 0.294 e. The van der Waals surface area contributed by atoms with Crippen LogP contribution in [0, 0.1) is 51.0 Å². The molecule has 2 aromatic rings. The molecule has 7 heteroatoms. The molecule has 0 aromatic heterocycles. The highest BCUT2D eigenvalue weighted by Gasteiger charge is 2.77. The van der Waals surface area contributed by atoms with Gasteiger partial charge < -0.3 is 0 Å². The molecule has 1 aliphatic carbocycles. The number of amides is 1. The van der Waals surface area contributed by atoms with E-state index in [0.717, 1.165) is 5.56 Å². The minimum atomic E-state index is -1.82. The molecule has 7 nitrogen and oxygen atoms in total. The summed E-state index contributed by atoms with van der Waals surface area (Å²) in [5, 5.41) is 32.7. The SMILES string of the molecule is C=CC1CC(C#N)(C#N)C2N(C(=O)c3ccccc3)c3ccc(C)cc3[C@]12[N+](=O)[O-]. The Bertz CT molecular complexity index is 1150. The maximum Gasteiger partial charge on any atom is 0.278 e. The average molecular weight is 398 g/mol. The topological polar surface area (TPSA) is 111 Å². The summed E-state index contributed by atoms with van der Waals surface area (Å²) < 4.78 is 0. The van der Waals surface area contributed by atoms with E-state index in [1.807, 2.05) is 19.1 Å². The third kappa shape index (κ3) is 2.20. The highest BCUT2D eigenvalue weighted by Crippen LogP contribution is 2.63. The van der Waals surface area contributed by atoms with Crippen molar-refractivity contribution in [3.8, 4) is 12.1 Å². The zero-order valence-corrected chi connectivity index (χ0v) is 16.3. The molecular weight excluding hydrogens is 380 g/mol. The molecule has 1 saturated carbocycles. The third-order valence-electron chi connectivity index (χ3n) is 6.32. The van der Waals surface area contributed by atoms with E-state index in [2.05, 4.69) is 6.58 Å². The van der Waals surface area contributed by atoms with Crippen LogP contribution >= 0.6 is 0 Å². The summed E-state index contributed by atoms with van der Waals surface area (Å²) in [6, 6.07) is 16.3. The first kappa shape index (κ1) is 19.4. The second-order valence-electron chi connectivity index (χ2n) is 7.79. The van der Waals surface area contributed by atoms with Crippen molar-refractivity contribution in [2.75, 3.05) is 4.90 Å². The van der Waals surface area contributed by atoms with Crippen molar-refractivity contribution < 1.29 is 9.72 Å². The standard InChI is InChI=1S/C23H18N4O3/c1-3-17-12-22(13-24,14-25)21-23(17,27(29)30)18-11-15(2)9-10-19(18)26(21)20(28)16-7-5-4-6-8-16/h3-11,17,21H,1,12H2,2H3/t17?,21?,23-/m1/s1. The summed E-state index contributed by atoms with van der Waals surface area (Å²) in [5.41, 5.74) is -1.74. The number of aryl methyl sites for hydroxylation is 1. The van der Waals surface area contributed by atoms with Crippen LogP contribution in [-0.2, 0) is 5.54 Å². The van der Waals surface area contributed by atoms with Gasteiger partial charge in [0.15, 0.2) is 5.41 Å². The zero-order valence-electron chi connectivity index (χ0n) is 16.3. The lowest BCUT2D eigenvalue weighted by Gasteiger charge is -2.32. The summed E-state index contributed by atoms with van der Waals surface area (Å²) in [7, 11) is 0. The van der Waals surface area contributed by atoms with Gasteiger partial charge in [-0.25, -0.2) is 0 Å². The van der Waals surface area contributed by atoms with E-state index >= 15 is 0 Å². The first-order valence-corrected chi connectivity index (χ1v) is 9.46. The number of carbonyl (C=O) groups is 1. The Labute approximate surface area is 173 Å². The van der Waals surface area contributed by atoms with Gasteiger partial charge in [-0.2, -0.15) is 10.5 Å². The lowest BCUT2D eigenvalue weighted by Crippen LogP contribution is -2.55. The van der Waals surface area contributed by atoms with Crippen LogP contribution in [-0.4, -0.2) is 16.9 Å². The Kier molecular flexibility index (Phi) is 4.22. The molecule has 0 radical (unpaired) electrons. The van der Waals surface area contributed by atoms with Crippen molar-refractivity contribution in [2.45, 2.75) is 24.9 Å². The van der Waals surface area contributed by atoms with Crippen LogP contribution in [0.4, 0.5) is 5.69 Å². The van der Waals surface area contributed by atoms with Crippen molar-refractivity contribution in [3.63, 3.8) is 0 Å². The highest BCUT2D eigenvalue weighted by atomic mass is 16.6. The molecule has 148 valence electrons. The van der Waals surface area contributed by atoms with Crippen molar-refractivity contribution >= 4 is 11.6 Å². The van der Waals surface area contributed by atoms with Gasteiger partial charge in [-0.05, 0) is 37.6 Å². The molecule has 0 saturated heterocycles. The normalized spacial score (nSPS) is 25.5. The van der Waals surface area contributed by atoms with Gasteiger partial charge in [-0.15, -0.1) is 6.58 Å². The predicted molar refractivity (Wildman–Crippen MR) is 109 cm³/mol. The highest BCUT2D eigenvalue weighted by molar-refractivity contribution is 6.08. The van der Waals surface area contributed by atoms with Crippen LogP contribution in [0.15, 0.2) is 61.2 Å². The van der Waals surface area contributed by atoms with E-state index in [-0.39, 0.29) is 6.42 Å². The Balaban J connectivity index is 2.09. The molecule has 0 bridgehead atoms. The molecule has 1 aliphatic heterocycles. The number of nitro groups is 1. The molecule has 3 atom stereocenters. The maximum atomic E-state index is 13.6. The van der Waals surface area contributed by atoms with E-state index in [1.54, 1.807) is 48.5 Å². The van der Waals surface area contributed by atoms with Crippen LogP contribution in [0.5, 0.6) is 0 Å². The Morgan fingerprint density at radius 2 is 1.93 bits per heavy atom. The van der Waals surface area contributed by atoms with Gasteiger partial charge in [-0.3, -0.25) is 19.8 Å². The maximum absolute atomic E-state index is 13.6. The number of hydrogen-bond acceptors (Lipinski definition) is 5. The van der Waals surface area contributed by atoms with Gasteiger partial charge in [-0.1, -0.05) is 35.9 Å². The fraction of sp³-hybridized carbons (Fsp3) is 0.261. The molecule has 2 aromatic carbocycles. The molecule has 0 spiro atoms. The number of nitrogens with zero attached hydrogens (tertiary/aromatic N) is 4. The lowest BCUT2D eigenvalue weighted by atomic mass is 9.77. The number of benzene rings is 2. The second-order valence-corrected chi connectivity index (χ2v) is 7.79. The van der Waals surface area contributed by atoms with E-state index in [9.17, 15) is 25.4 Å². The second kappa shape index (κ2) is 6.53. The van der Waals surface area contributed by atoms with Crippen LogP contribution in [0.2, 0.25) is 0 Å². The molecule has 0 N–H and O–H groups in total. The monoisotopic (exact) mass is 398 g/mol. The molecular formula is C23H18N4O3. The number of nitriles is 2. The summed E-state index contributed by atoms with van der Waals surface area (Å²) in [5.74, 6) is -1.26. The molecule has 4 rings (SSSR count). The van der Waals surface area contributed by atoms with E-state index < -0.39 is 33.7 Å². The molecule has 30 heavy (non-hydrogen) atoms. The van der Waals surface area contributed by atoms with Gasteiger partial charge in [0.05, 0.1) is 29.3 Å². The van der Waals surface area contributed by atoms with Crippen molar-refractivity contribution in [1.82, 2.24) is 0 Å². The smallest absolute Gasteiger partial charge is 0.278 e. The number of carbonyl (C=O) groups excluding carboxylic acids is 1. The number of rotatable bonds is 3. The van der Waals surface area contributed by atoms with Gasteiger partial charge in [0.2, 0.25) is 0 Å². The van der Waals surface area contributed by atoms with Crippen LogP contribution in [0.3, 0.4) is 0 Å².